The third-order valence-electron chi connectivity index (χ3n) is 6.21. The van der Waals surface area contributed by atoms with Gasteiger partial charge < -0.3 is 10.0 Å². The van der Waals surface area contributed by atoms with E-state index >= 15 is 0 Å². The molecule has 29 heavy (non-hydrogen) atoms. The van der Waals surface area contributed by atoms with Crippen molar-refractivity contribution in [2.45, 2.75) is 12.8 Å². The second kappa shape index (κ2) is 6.99. The van der Waals surface area contributed by atoms with Crippen LogP contribution in [0, 0.1) is 17.8 Å². The third kappa shape index (κ3) is 3.27. The van der Waals surface area contributed by atoms with Crippen molar-refractivity contribution in [3.63, 3.8) is 0 Å². The first-order chi connectivity index (χ1) is 14.1. The Morgan fingerprint density at radius 3 is 2.41 bits per heavy atom. The molecule has 2 aliphatic rings. The van der Waals surface area contributed by atoms with Crippen LogP contribution in [-0.4, -0.2) is 40.0 Å². The van der Waals surface area contributed by atoms with E-state index in [0.717, 1.165) is 35.0 Å². The fourth-order valence-electron chi connectivity index (χ4n) is 4.54. The summed E-state index contributed by atoms with van der Waals surface area (Å²) in [6, 6.07) is 19.3. The normalized spacial score (nSPS) is 21.4. The lowest BCUT2D eigenvalue weighted by atomic mass is 9.92. The van der Waals surface area contributed by atoms with Gasteiger partial charge in [-0.15, -0.1) is 0 Å². The maximum Gasteiger partial charge on any atom is 0.308 e. The molecule has 0 spiro atoms. The number of likely N-dealkylation sites (tertiary alicyclic amines) is 1. The minimum atomic E-state index is -0.790. The number of carbonyl (C=O) groups excluding carboxylic acids is 1. The SMILES string of the molecule is O=C(O)[C@H]1CN(C(=O)c2cc(-c3ccccc3)nc3ccccc23)C[C@@H]1C1CC1. The van der Waals surface area contributed by atoms with Gasteiger partial charge in [0.05, 0.1) is 22.7 Å². The summed E-state index contributed by atoms with van der Waals surface area (Å²) in [4.78, 5) is 31.7. The van der Waals surface area contributed by atoms with Crippen molar-refractivity contribution in [3.8, 4) is 11.3 Å². The van der Waals surface area contributed by atoms with Crippen LogP contribution in [0.3, 0.4) is 0 Å². The zero-order valence-electron chi connectivity index (χ0n) is 16.0. The molecule has 2 fully saturated rings. The van der Waals surface area contributed by atoms with Crippen molar-refractivity contribution in [2.24, 2.45) is 17.8 Å². The summed E-state index contributed by atoms with van der Waals surface area (Å²) in [5, 5.41) is 10.5. The van der Waals surface area contributed by atoms with E-state index in [0.29, 0.717) is 18.0 Å². The molecule has 1 aliphatic heterocycles. The van der Waals surface area contributed by atoms with E-state index in [1.54, 1.807) is 4.90 Å². The number of rotatable bonds is 4. The van der Waals surface area contributed by atoms with E-state index in [4.69, 9.17) is 4.98 Å². The Bertz CT molecular complexity index is 1090. The lowest BCUT2D eigenvalue weighted by Crippen LogP contribution is -2.30. The van der Waals surface area contributed by atoms with Gasteiger partial charge in [-0.3, -0.25) is 9.59 Å². The largest absolute Gasteiger partial charge is 0.481 e. The summed E-state index contributed by atoms with van der Waals surface area (Å²) in [6.07, 6.45) is 2.15. The fourth-order valence-corrected chi connectivity index (χ4v) is 4.54. The third-order valence-corrected chi connectivity index (χ3v) is 6.21. The number of carboxylic acids is 1. The van der Waals surface area contributed by atoms with E-state index in [-0.39, 0.29) is 18.4 Å². The topological polar surface area (TPSA) is 70.5 Å². The first-order valence-corrected chi connectivity index (χ1v) is 10.1. The van der Waals surface area contributed by atoms with E-state index in [1.807, 2.05) is 60.7 Å². The van der Waals surface area contributed by atoms with Crippen LogP contribution in [0.15, 0.2) is 60.7 Å². The highest BCUT2D eigenvalue weighted by Gasteiger charge is 2.47. The Morgan fingerprint density at radius 2 is 1.69 bits per heavy atom. The summed E-state index contributed by atoms with van der Waals surface area (Å²) in [6.45, 7) is 0.810. The van der Waals surface area contributed by atoms with Crippen molar-refractivity contribution in [3.05, 3.63) is 66.2 Å². The summed E-state index contributed by atoms with van der Waals surface area (Å²) in [5.41, 5.74) is 3.06. The summed E-state index contributed by atoms with van der Waals surface area (Å²) in [5.74, 6) is -0.841. The lowest BCUT2D eigenvalue weighted by molar-refractivity contribution is -0.142. The van der Waals surface area contributed by atoms with Gasteiger partial charge >= 0.3 is 5.97 Å². The van der Waals surface area contributed by atoms with Gasteiger partial charge in [-0.25, -0.2) is 4.98 Å². The number of aromatic nitrogens is 1. The molecule has 1 saturated heterocycles. The average Bonchev–Trinajstić information content (AvgIpc) is 3.50. The number of benzene rings is 2. The molecular formula is C24H22N2O3. The Morgan fingerprint density at radius 1 is 0.966 bits per heavy atom. The van der Waals surface area contributed by atoms with Crippen LogP contribution in [0.1, 0.15) is 23.2 Å². The molecule has 146 valence electrons. The average molecular weight is 386 g/mol. The zero-order chi connectivity index (χ0) is 20.0. The maximum absolute atomic E-state index is 13.5. The van der Waals surface area contributed by atoms with Crippen molar-refractivity contribution in [1.29, 1.82) is 0 Å². The summed E-state index contributed by atoms with van der Waals surface area (Å²) >= 11 is 0. The first-order valence-electron chi connectivity index (χ1n) is 10.1. The van der Waals surface area contributed by atoms with Gasteiger partial charge in [0.2, 0.25) is 0 Å². The van der Waals surface area contributed by atoms with Gasteiger partial charge in [0.25, 0.3) is 5.91 Å². The second-order valence-electron chi connectivity index (χ2n) is 8.09. The number of amides is 1. The lowest BCUT2D eigenvalue weighted by Gasteiger charge is -2.18. The van der Waals surface area contributed by atoms with Gasteiger partial charge in [-0.2, -0.15) is 0 Å². The number of fused-ring (bicyclic) bond motifs is 1. The van der Waals surface area contributed by atoms with Gasteiger partial charge in [0.1, 0.15) is 0 Å². The molecule has 2 atom stereocenters. The van der Waals surface area contributed by atoms with Crippen LogP contribution in [-0.2, 0) is 4.79 Å². The number of hydrogen-bond donors (Lipinski definition) is 1. The number of pyridine rings is 1. The number of hydrogen-bond acceptors (Lipinski definition) is 3. The molecule has 0 bridgehead atoms. The second-order valence-corrected chi connectivity index (χ2v) is 8.09. The molecule has 1 saturated carbocycles. The van der Waals surface area contributed by atoms with Crippen molar-refractivity contribution >= 4 is 22.8 Å². The number of para-hydroxylation sites is 1. The summed E-state index contributed by atoms with van der Waals surface area (Å²) < 4.78 is 0. The molecule has 3 aromatic rings. The monoisotopic (exact) mass is 386 g/mol. The molecule has 2 heterocycles. The van der Waals surface area contributed by atoms with Gasteiger partial charge in [0.15, 0.2) is 0 Å². The molecule has 1 N–H and O–H groups in total. The minimum absolute atomic E-state index is 0.0677. The zero-order valence-corrected chi connectivity index (χ0v) is 16.0. The molecular weight excluding hydrogens is 364 g/mol. The molecule has 5 rings (SSSR count). The van der Waals surface area contributed by atoms with Gasteiger partial charge in [-0.1, -0.05) is 48.5 Å². The minimum Gasteiger partial charge on any atom is -0.481 e. The number of carboxylic acid groups (broad SMARTS) is 1. The Kier molecular flexibility index (Phi) is 4.31. The highest BCUT2D eigenvalue weighted by Crippen LogP contribution is 2.44. The van der Waals surface area contributed by atoms with Crippen molar-refractivity contribution < 1.29 is 14.7 Å². The van der Waals surface area contributed by atoms with Crippen molar-refractivity contribution in [2.75, 3.05) is 13.1 Å². The molecule has 1 aliphatic carbocycles. The quantitative estimate of drug-likeness (QED) is 0.733. The molecule has 0 radical (unpaired) electrons. The highest BCUT2D eigenvalue weighted by atomic mass is 16.4. The molecule has 5 heteroatoms. The van der Waals surface area contributed by atoms with Gasteiger partial charge in [-0.05, 0) is 36.8 Å². The first kappa shape index (κ1) is 17.9. The van der Waals surface area contributed by atoms with Crippen LogP contribution in [0.4, 0.5) is 0 Å². The number of carbonyl (C=O) groups is 2. The van der Waals surface area contributed by atoms with Crippen molar-refractivity contribution in [1.82, 2.24) is 9.88 Å². The maximum atomic E-state index is 13.5. The molecule has 5 nitrogen and oxygen atoms in total. The Labute approximate surface area is 169 Å². The van der Waals surface area contributed by atoms with E-state index in [9.17, 15) is 14.7 Å². The number of aliphatic carboxylic acids is 1. The smallest absolute Gasteiger partial charge is 0.308 e. The fraction of sp³-hybridized carbons (Fsp3) is 0.292. The van der Waals surface area contributed by atoms with Crippen LogP contribution in [0.2, 0.25) is 0 Å². The van der Waals surface area contributed by atoms with Crippen LogP contribution in [0.5, 0.6) is 0 Å². The van der Waals surface area contributed by atoms with Crippen LogP contribution in [0.25, 0.3) is 22.2 Å². The highest BCUT2D eigenvalue weighted by molar-refractivity contribution is 6.07. The van der Waals surface area contributed by atoms with Gasteiger partial charge in [0, 0.05) is 24.0 Å². The molecule has 2 aromatic carbocycles. The number of nitrogens with zero attached hydrogens (tertiary/aromatic N) is 2. The van der Waals surface area contributed by atoms with E-state index < -0.39 is 11.9 Å². The summed E-state index contributed by atoms with van der Waals surface area (Å²) in [7, 11) is 0. The van der Waals surface area contributed by atoms with E-state index in [2.05, 4.69) is 0 Å². The molecule has 1 aromatic heterocycles. The Balaban J connectivity index is 1.55. The predicted molar refractivity (Wildman–Crippen MR) is 110 cm³/mol. The molecule has 0 unspecified atom stereocenters. The van der Waals surface area contributed by atoms with Crippen LogP contribution < -0.4 is 0 Å². The standard InChI is InChI=1S/C24H22N2O3/c27-23(26-13-19(15-10-11-15)20(14-26)24(28)29)18-12-22(16-6-2-1-3-7-16)25-21-9-5-4-8-17(18)21/h1-9,12,15,19-20H,10-11,13-14H2,(H,28,29)/t19-,20+/m1/s1. The molecule has 1 amide bonds. The predicted octanol–water partition coefficient (Wildman–Crippen LogP) is 4.08. The van der Waals surface area contributed by atoms with E-state index in [1.165, 1.54) is 0 Å². The Hall–Kier alpha value is -3.21. The van der Waals surface area contributed by atoms with Crippen LogP contribution >= 0.6 is 0 Å².